The zero-order chi connectivity index (χ0) is 16.7. The Balaban J connectivity index is 1.78. The highest BCUT2D eigenvalue weighted by Crippen LogP contribution is 2.21. The zero-order valence-electron chi connectivity index (χ0n) is 14.0. The molecule has 0 aromatic carbocycles. The third-order valence-corrected chi connectivity index (χ3v) is 4.40. The third kappa shape index (κ3) is 5.55. The highest BCUT2D eigenvalue weighted by Gasteiger charge is 2.25. The first kappa shape index (κ1) is 17.8. The molecule has 1 aliphatic rings. The fourth-order valence-electron chi connectivity index (χ4n) is 3.15. The maximum atomic E-state index is 12.2. The van der Waals surface area contributed by atoms with Crippen LogP contribution in [-0.4, -0.2) is 36.4 Å². The molecule has 0 spiro atoms. The number of hydrogen-bond acceptors (Lipinski definition) is 4. The van der Waals surface area contributed by atoms with Crippen LogP contribution in [0.15, 0.2) is 22.8 Å². The lowest BCUT2D eigenvalue weighted by Gasteiger charge is -2.26. The van der Waals surface area contributed by atoms with Crippen molar-refractivity contribution in [3.05, 3.63) is 24.2 Å². The van der Waals surface area contributed by atoms with Gasteiger partial charge in [-0.3, -0.25) is 0 Å². The average molecular weight is 324 g/mol. The molecule has 4 atom stereocenters. The van der Waals surface area contributed by atoms with Crippen LogP contribution in [0.4, 0.5) is 4.79 Å². The van der Waals surface area contributed by atoms with Crippen LogP contribution in [0.5, 0.6) is 0 Å². The molecule has 1 heterocycles. The third-order valence-electron chi connectivity index (χ3n) is 4.40. The van der Waals surface area contributed by atoms with Gasteiger partial charge in [-0.2, -0.15) is 0 Å². The summed E-state index contributed by atoms with van der Waals surface area (Å²) in [6, 6.07) is 3.14. The van der Waals surface area contributed by atoms with E-state index in [1.165, 1.54) is 12.7 Å². The maximum Gasteiger partial charge on any atom is 0.315 e. The summed E-state index contributed by atoms with van der Waals surface area (Å²) in [5.41, 5.74) is 0. The van der Waals surface area contributed by atoms with Gasteiger partial charge >= 0.3 is 6.03 Å². The van der Waals surface area contributed by atoms with Gasteiger partial charge in [0.25, 0.3) is 0 Å². The molecule has 23 heavy (non-hydrogen) atoms. The van der Waals surface area contributed by atoms with Crippen LogP contribution < -0.4 is 10.6 Å². The number of urea groups is 1. The van der Waals surface area contributed by atoms with Crippen molar-refractivity contribution in [2.45, 2.75) is 69.7 Å². The lowest BCUT2D eigenvalue weighted by molar-refractivity contribution is 0.0656. The minimum Gasteiger partial charge on any atom is -0.467 e. The molecule has 1 aromatic rings. The molecule has 1 aromatic heterocycles. The number of carbonyl (C=O) groups is 1. The Morgan fingerprint density at radius 1 is 1.43 bits per heavy atom. The van der Waals surface area contributed by atoms with Crippen LogP contribution in [-0.2, 0) is 4.74 Å². The number of hydrogen-bond donors (Lipinski definition) is 3. The Morgan fingerprint density at radius 2 is 2.22 bits per heavy atom. The molecule has 1 saturated carbocycles. The van der Waals surface area contributed by atoms with Gasteiger partial charge in [0, 0.05) is 19.6 Å². The van der Waals surface area contributed by atoms with Gasteiger partial charge in [0.15, 0.2) is 0 Å². The number of ether oxygens (including phenoxy) is 1. The van der Waals surface area contributed by atoms with Crippen molar-refractivity contribution in [2.24, 2.45) is 0 Å². The Labute approximate surface area is 137 Å². The molecule has 3 N–H and O–H groups in total. The molecule has 2 rings (SSSR count). The molecule has 0 unspecified atom stereocenters. The second-order valence-corrected chi connectivity index (χ2v) is 6.30. The van der Waals surface area contributed by atoms with Gasteiger partial charge in [-0.1, -0.05) is 19.3 Å². The van der Waals surface area contributed by atoms with E-state index < -0.39 is 6.10 Å². The minimum absolute atomic E-state index is 0.0460. The molecule has 130 valence electrons. The molecule has 0 aliphatic heterocycles. The van der Waals surface area contributed by atoms with Crippen molar-refractivity contribution in [2.75, 3.05) is 7.11 Å². The van der Waals surface area contributed by atoms with Crippen molar-refractivity contribution in [3.63, 3.8) is 0 Å². The van der Waals surface area contributed by atoms with Crippen LogP contribution >= 0.6 is 0 Å². The highest BCUT2D eigenvalue weighted by molar-refractivity contribution is 5.74. The smallest absolute Gasteiger partial charge is 0.315 e. The van der Waals surface area contributed by atoms with Gasteiger partial charge in [0.2, 0.25) is 0 Å². The quantitative estimate of drug-likeness (QED) is 0.703. The standard InChI is InChI=1S/C17H28N2O4/c1-12(11-14(20)16-9-6-10-23-16)18-17(21)19-13-7-4-3-5-8-15(13)22-2/h6,9-10,12-15,20H,3-5,7-8,11H2,1-2H3,(H2,18,19,21)/t12-,13-,14+,15+/m0/s1. The van der Waals surface area contributed by atoms with Crippen molar-refractivity contribution in [1.29, 1.82) is 0 Å². The van der Waals surface area contributed by atoms with E-state index in [-0.39, 0.29) is 24.2 Å². The number of nitrogens with one attached hydrogen (secondary N) is 2. The molecule has 6 nitrogen and oxygen atoms in total. The monoisotopic (exact) mass is 324 g/mol. The van der Waals surface area contributed by atoms with Gasteiger partial charge in [-0.25, -0.2) is 4.79 Å². The first-order valence-corrected chi connectivity index (χ1v) is 8.41. The lowest BCUT2D eigenvalue weighted by Crippen LogP contribution is -2.50. The molecular formula is C17H28N2O4. The van der Waals surface area contributed by atoms with Crippen molar-refractivity contribution in [3.8, 4) is 0 Å². The second-order valence-electron chi connectivity index (χ2n) is 6.30. The molecule has 0 radical (unpaired) electrons. The normalized spacial score (nSPS) is 24.5. The van der Waals surface area contributed by atoms with E-state index in [2.05, 4.69) is 10.6 Å². The van der Waals surface area contributed by atoms with E-state index in [0.717, 1.165) is 25.7 Å². The summed E-state index contributed by atoms with van der Waals surface area (Å²) < 4.78 is 10.7. The Kier molecular flexibility index (Phi) is 6.92. The first-order chi connectivity index (χ1) is 11.1. The summed E-state index contributed by atoms with van der Waals surface area (Å²) >= 11 is 0. The van der Waals surface area contributed by atoms with Crippen LogP contribution in [0.2, 0.25) is 0 Å². The molecule has 1 aliphatic carbocycles. The van der Waals surface area contributed by atoms with E-state index >= 15 is 0 Å². The molecule has 2 amide bonds. The van der Waals surface area contributed by atoms with Gasteiger partial charge in [0.05, 0.1) is 18.4 Å². The second kappa shape index (κ2) is 8.93. The number of amides is 2. The Hall–Kier alpha value is -1.53. The van der Waals surface area contributed by atoms with E-state index in [1.54, 1.807) is 19.2 Å². The van der Waals surface area contributed by atoms with Crippen molar-refractivity contribution >= 4 is 6.03 Å². The number of furan rings is 1. The number of carbonyl (C=O) groups excluding carboxylic acids is 1. The molecule has 1 fully saturated rings. The van der Waals surface area contributed by atoms with Gasteiger partial charge < -0.3 is 24.9 Å². The van der Waals surface area contributed by atoms with E-state index in [4.69, 9.17) is 9.15 Å². The zero-order valence-corrected chi connectivity index (χ0v) is 14.0. The van der Waals surface area contributed by atoms with Crippen LogP contribution in [0.1, 0.15) is 57.3 Å². The molecule has 6 heteroatoms. The largest absolute Gasteiger partial charge is 0.467 e. The van der Waals surface area contributed by atoms with Crippen molar-refractivity contribution < 1.29 is 19.1 Å². The van der Waals surface area contributed by atoms with Crippen molar-refractivity contribution in [1.82, 2.24) is 10.6 Å². The molecular weight excluding hydrogens is 296 g/mol. The SMILES string of the molecule is CO[C@@H]1CCCCC[C@@H]1NC(=O)N[C@@H](C)C[C@@H](O)c1ccco1. The van der Waals surface area contributed by atoms with Crippen LogP contribution in [0, 0.1) is 0 Å². The Morgan fingerprint density at radius 3 is 2.91 bits per heavy atom. The summed E-state index contributed by atoms with van der Waals surface area (Å²) in [6.45, 7) is 1.87. The average Bonchev–Trinajstić information content (AvgIpc) is 2.95. The van der Waals surface area contributed by atoms with E-state index in [9.17, 15) is 9.90 Å². The number of methoxy groups -OCH3 is 1. The number of aliphatic hydroxyl groups is 1. The van der Waals surface area contributed by atoms with E-state index in [0.29, 0.717) is 12.2 Å². The van der Waals surface area contributed by atoms with Gasteiger partial charge in [-0.15, -0.1) is 0 Å². The fourth-order valence-corrected chi connectivity index (χ4v) is 3.15. The number of aliphatic hydroxyl groups excluding tert-OH is 1. The van der Waals surface area contributed by atoms with E-state index in [1.807, 2.05) is 6.92 Å². The lowest BCUT2D eigenvalue weighted by atomic mass is 10.1. The molecule has 0 saturated heterocycles. The first-order valence-electron chi connectivity index (χ1n) is 8.41. The molecule has 0 bridgehead atoms. The van der Waals surface area contributed by atoms with Gasteiger partial charge in [-0.05, 0) is 31.9 Å². The number of rotatable bonds is 6. The van der Waals surface area contributed by atoms with Gasteiger partial charge in [0.1, 0.15) is 11.9 Å². The summed E-state index contributed by atoms with van der Waals surface area (Å²) in [5.74, 6) is 0.516. The fraction of sp³-hybridized carbons (Fsp3) is 0.706. The summed E-state index contributed by atoms with van der Waals surface area (Å²) in [5, 5.41) is 15.9. The topological polar surface area (TPSA) is 83.7 Å². The predicted molar refractivity (Wildman–Crippen MR) is 87.1 cm³/mol. The predicted octanol–water partition coefficient (Wildman–Crippen LogP) is 2.74. The van der Waals surface area contributed by atoms with Crippen LogP contribution in [0.25, 0.3) is 0 Å². The maximum absolute atomic E-state index is 12.2. The summed E-state index contributed by atoms with van der Waals surface area (Å²) in [6.07, 6.45) is 6.65. The van der Waals surface area contributed by atoms with Crippen LogP contribution in [0.3, 0.4) is 0 Å². The highest BCUT2D eigenvalue weighted by atomic mass is 16.5. The summed E-state index contributed by atoms with van der Waals surface area (Å²) in [7, 11) is 1.70. The minimum atomic E-state index is -0.718. The Bertz CT molecular complexity index is 463. The summed E-state index contributed by atoms with van der Waals surface area (Å²) in [4.78, 5) is 12.2.